The van der Waals surface area contributed by atoms with Gasteiger partial charge in [-0.15, -0.1) is 0 Å². The Balaban J connectivity index is 1.54. The molecule has 0 saturated heterocycles. The molecule has 3 fully saturated rings. The summed E-state index contributed by atoms with van der Waals surface area (Å²) >= 11 is 0. The van der Waals surface area contributed by atoms with Gasteiger partial charge in [-0.25, -0.2) is 0 Å². The van der Waals surface area contributed by atoms with Crippen LogP contribution in [-0.4, -0.2) is 11.2 Å². The van der Waals surface area contributed by atoms with E-state index in [1.807, 2.05) is 0 Å². The van der Waals surface area contributed by atoms with Gasteiger partial charge in [0.1, 0.15) is 0 Å². The van der Waals surface area contributed by atoms with Crippen LogP contribution >= 0.6 is 0 Å². The minimum atomic E-state index is -0.180. The number of allylic oxidation sites excluding steroid dienone is 3. The first-order valence-corrected chi connectivity index (χ1v) is 12.7. The van der Waals surface area contributed by atoms with E-state index in [9.17, 15) is 5.11 Å². The Labute approximate surface area is 180 Å². The van der Waals surface area contributed by atoms with Gasteiger partial charge in [0.15, 0.2) is 0 Å². The van der Waals surface area contributed by atoms with Gasteiger partial charge >= 0.3 is 0 Å². The lowest BCUT2D eigenvalue weighted by atomic mass is 9.46. The number of aliphatic hydroxyl groups excluding tert-OH is 1. The van der Waals surface area contributed by atoms with Crippen LogP contribution in [0.4, 0.5) is 0 Å². The second kappa shape index (κ2) is 7.85. The Morgan fingerprint density at radius 1 is 1.07 bits per heavy atom. The summed E-state index contributed by atoms with van der Waals surface area (Å²) in [5.74, 6) is 5.07. The van der Waals surface area contributed by atoms with Crippen molar-refractivity contribution in [2.75, 3.05) is 0 Å². The molecule has 0 heterocycles. The molecule has 4 rings (SSSR count). The van der Waals surface area contributed by atoms with E-state index >= 15 is 0 Å². The van der Waals surface area contributed by atoms with E-state index in [0.29, 0.717) is 10.8 Å². The maximum absolute atomic E-state index is 10.2. The van der Waals surface area contributed by atoms with Gasteiger partial charge in [-0.05, 0) is 111 Å². The van der Waals surface area contributed by atoms with Crippen LogP contribution in [0.15, 0.2) is 23.3 Å². The molecule has 0 radical (unpaired) electrons. The minimum absolute atomic E-state index is 0.180. The number of rotatable bonds is 4. The van der Waals surface area contributed by atoms with Crippen LogP contribution in [0, 0.1) is 46.3 Å². The Bertz CT molecular complexity index is 672. The highest BCUT2D eigenvalue weighted by atomic mass is 16.3. The molecule has 0 unspecified atom stereocenters. The smallest absolute Gasteiger partial charge is 0.0724 e. The van der Waals surface area contributed by atoms with Crippen LogP contribution in [0.2, 0.25) is 0 Å². The van der Waals surface area contributed by atoms with Crippen LogP contribution < -0.4 is 0 Å². The van der Waals surface area contributed by atoms with Gasteiger partial charge in [0, 0.05) is 0 Å². The Hall–Kier alpha value is -0.560. The Kier molecular flexibility index (Phi) is 5.86. The number of fused-ring (bicyclic) bond motifs is 5. The van der Waals surface area contributed by atoms with E-state index in [-0.39, 0.29) is 6.10 Å². The van der Waals surface area contributed by atoms with E-state index in [1.54, 1.807) is 11.1 Å². The van der Waals surface area contributed by atoms with E-state index in [4.69, 9.17) is 0 Å². The van der Waals surface area contributed by atoms with Gasteiger partial charge in [0.2, 0.25) is 0 Å². The predicted octanol–water partition coefficient (Wildman–Crippen LogP) is 7.55. The predicted molar refractivity (Wildman–Crippen MR) is 124 cm³/mol. The second-order valence-corrected chi connectivity index (χ2v) is 12.3. The van der Waals surface area contributed by atoms with E-state index < -0.39 is 0 Å². The third-order valence-corrected chi connectivity index (χ3v) is 10.1. The van der Waals surface area contributed by atoms with Gasteiger partial charge < -0.3 is 5.11 Å². The highest BCUT2D eigenvalue weighted by Crippen LogP contribution is 2.67. The van der Waals surface area contributed by atoms with Gasteiger partial charge in [-0.1, -0.05) is 57.9 Å². The summed E-state index contributed by atoms with van der Waals surface area (Å²) in [5.41, 5.74) is 4.13. The molecule has 0 bridgehead atoms. The maximum Gasteiger partial charge on any atom is 0.0724 e. The van der Waals surface area contributed by atoms with Crippen molar-refractivity contribution in [1.29, 1.82) is 0 Å². The fourth-order valence-electron chi connectivity index (χ4n) is 8.89. The molecular formula is C28H46O. The second-order valence-electron chi connectivity index (χ2n) is 12.3. The molecule has 0 aromatic heterocycles. The lowest BCUT2D eigenvalue weighted by molar-refractivity contribution is -0.0595. The molecule has 0 aromatic rings. The van der Waals surface area contributed by atoms with Crippen LogP contribution in [-0.2, 0) is 0 Å². The van der Waals surface area contributed by atoms with Crippen molar-refractivity contribution in [2.24, 2.45) is 46.3 Å². The molecule has 8 atom stereocenters. The maximum atomic E-state index is 10.2. The molecule has 0 aliphatic heterocycles. The van der Waals surface area contributed by atoms with Crippen molar-refractivity contribution in [1.82, 2.24) is 0 Å². The molecule has 0 spiro atoms. The normalized spacial score (nSPS) is 46.0. The third-order valence-electron chi connectivity index (χ3n) is 10.1. The Morgan fingerprint density at radius 2 is 1.83 bits per heavy atom. The zero-order valence-electron chi connectivity index (χ0n) is 20.0. The molecule has 1 N–H and O–H groups in total. The van der Waals surface area contributed by atoms with Crippen molar-refractivity contribution in [3.05, 3.63) is 23.3 Å². The van der Waals surface area contributed by atoms with Crippen molar-refractivity contribution < 1.29 is 5.11 Å². The highest BCUT2D eigenvalue weighted by Gasteiger charge is 2.59. The molecule has 4 aliphatic rings. The SMILES string of the molecule is C/C(=C\[C@@H](C)[C@H]1CC[C@H]2[C@@H]3CCC4=C[C@@H](O)CC[C@]4(C)[C@H]3CC[C@]12C)CC(C)C. The summed E-state index contributed by atoms with van der Waals surface area (Å²) in [6.07, 6.45) is 16.5. The van der Waals surface area contributed by atoms with E-state index in [0.717, 1.165) is 41.9 Å². The zero-order chi connectivity index (χ0) is 21.0. The highest BCUT2D eigenvalue weighted by molar-refractivity contribution is 5.25. The average Bonchev–Trinajstić information content (AvgIpc) is 2.99. The van der Waals surface area contributed by atoms with Gasteiger partial charge in [-0.3, -0.25) is 0 Å². The van der Waals surface area contributed by atoms with Crippen molar-refractivity contribution in [2.45, 2.75) is 105 Å². The van der Waals surface area contributed by atoms with Gasteiger partial charge in [0.05, 0.1) is 6.10 Å². The molecule has 1 heteroatoms. The van der Waals surface area contributed by atoms with Gasteiger partial charge in [0.25, 0.3) is 0 Å². The summed E-state index contributed by atoms with van der Waals surface area (Å²) < 4.78 is 0. The molecule has 164 valence electrons. The number of hydrogen-bond donors (Lipinski definition) is 1. The third kappa shape index (κ3) is 3.68. The summed E-state index contributed by atoms with van der Waals surface area (Å²) in [6.45, 7) is 14.8. The lowest BCUT2D eigenvalue weighted by Gasteiger charge is -2.59. The lowest BCUT2D eigenvalue weighted by Crippen LogP contribution is -2.51. The van der Waals surface area contributed by atoms with Crippen LogP contribution in [0.1, 0.15) is 99.3 Å². The summed E-state index contributed by atoms with van der Waals surface area (Å²) in [5, 5.41) is 10.2. The minimum Gasteiger partial charge on any atom is -0.389 e. The number of hydrogen-bond acceptors (Lipinski definition) is 1. The molecule has 0 amide bonds. The first kappa shape index (κ1) is 21.7. The molecular weight excluding hydrogens is 352 g/mol. The van der Waals surface area contributed by atoms with Gasteiger partial charge in [-0.2, -0.15) is 0 Å². The van der Waals surface area contributed by atoms with E-state index in [2.05, 4.69) is 53.7 Å². The standard InChI is InChI=1S/C28H46O/c1-18(2)15-19(3)16-20(4)24-9-10-25-23-8-7-21-17-22(29)11-13-27(21,5)26(23)12-14-28(24,25)6/h16-18,20,22-26,29H,7-15H2,1-6H3/b19-16+/t20-,22+,23+,24-,25+,26+,27+,28-/m1/s1. The topological polar surface area (TPSA) is 20.2 Å². The molecule has 0 aromatic carbocycles. The summed E-state index contributed by atoms with van der Waals surface area (Å²) in [4.78, 5) is 0. The first-order valence-electron chi connectivity index (χ1n) is 12.7. The fourth-order valence-corrected chi connectivity index (χ4v) is 8.89. The molecule has 4 aliphatic carbocycles. The zero-order valence-corrected chi connectivity index (χ0v) is 20.0. The van der Waals surface area contributed by atoms with Crippen LogP contribution in [0.5, 0.6) is 0 Å². The Morgan fingerprint density at radius 3 is 2.55 bits per heavy atom. The van der Waals surface area contributed by atoms with E-state index in [1.165, 1.54) is 51.4 Å². The average molecular weight is 399 g/mol. The molecule has 29 heavy (non-hydrogen) atoms. The number of aliphatic hydroxyl groups is 1. The van der Waals surface area contributed by atoms with Crippen LogP contribution in [0.25, 0.3) is 0 Å². The quantitative estimate of drug-likeness (QED) is 0.484. The monoisotopic (exact) mass is 398 g/mol. The molecule has 1 nitrogen and oxygen atoms in total. The first-order chi connectivity index (χ1) is 13.6. The molecule has 3 saturated carbocycles. The fraction of sp³-hybridized carbons (Fsp3) is 0.857. The van der Waals surface area contributed by atoms with Crippen molar-refractivity contribution >= 4 is 0 Å². The van der Waals surface area contributed by atoms with Crippen LogP contribution in [0.3, 0.4) is 0 Å². The van der Waals surface area contributed by atoms with Crippen molar-refractivity contribution in [3.63, 3.8) is 0 Å². The largest absolute Gasteiger partial charge is 0.389 e. The summed E-state index contributed by atoms with van der Waals surface area (Å²) in [6, 6.07) is 0. The van der Waals surface area contributed by atoms with Crippen molar-refractivity contribution in [3.8, 4) is 0 Å². The summed E-state index contributed by atoms with van der Waals surface area (Å²) in [7, 11) is 0.